The molecule has 1 heterocycles. The minimum Gasteiger partial charge on any atom is -0.496 e. The van der Waals surface area contributed by atoms with Crippen molar-refractivity contribution in [3.05, 3.63) is 29.8 Å². The summed E-state index contributed by atoms with van der Waals surface area (Å²) in [4.78, 5) is 17.0. The first kappa shape index (κ1) is 15.8. The lowest BCUT2D eigenvalue weighted by molar-refractivity contribution is 0.0901. The number of hydrogen-bond donors (Lipinski definition) is 1. The molecule has 0 spiro atoms. The van der Waals surface area contributed by atoms with Crippen molar-refractivity contribution >= 4 is 5.91 Å². The van der Waals surface area contributed by atoms with Crippen LogP contribution in [0.4, 0.5) is 0 Å². The number of carbonyl (C=O) groups is 1. The zero-order chi connectivity index (χ0) is 15.2. The van der Waals surface area contributed by atoms with E-state index < -0.39 is 0 Å². The van der Waals surface area contributed by atoms with E-state index in [4.69, 9.17) is 4.74 Å². The smallest absolute Gasteiger partial charge is 0.255 e. The SMILES string of the molecule is COc1ccccc1C(=O)NC[C@H](C)N1CCN(C)CC1. The van der Waals surface area contributed by atoms with Crippen molar-refractivity contribution in [2.45, 2.75) is 13.0 Å². The molecule has 1 aromatic rings. The van der Waals surface area contributed by atoms with E-state index in [1.807, 2.05) is 12.1 Å². The third-order valence-corrected chi connectivity index (χ3v) is 4.07. The summed E-state index contributed by atoms with van der Waals surface area (Å²) in [6.45, 7) is 7.11. The zero-order valence-electron chi connectivity index (χ0n) is 13.1. The standard InChI is InChI=1S/C16H25N3O2/c1-13(19-10-8-18(2)9-11-19)12-17-16(20)14-6-4-5-7-15(14)21-3/h4-7,13H,8-12H2,1-3H3,(H,17,20)/t13-/m0/s1. The number of nitrogens with zero attached hydrogens (tertiary/aromatic N) is 2. The highest BCUT2D eigenvalue weighted by Crippen LogP contribution is 2.16. The van der Waals surface area contributed by atoms with Crippen LogP contribution < -0.4 is 10.1 Å². The molecule has 0 bridgehead atoms. The third kappa shape index (κ3) is 4.19. The van der Waals surface area contributed by atoms with Crippen LogP contribution in [0.1, 0.15) is 17.3 Å². The molecule has 0 aromatic heterocycles. The van der Waals surface area contributed by atoms with E-state index in [1.54, 1.807) is 19.2 Å². The summed E-state index contributed by atoms with van der Waals surface area (Å²) in [5.74, 6) is 0.538. The van der Waals surface area contributed by atoms with E-state index in [0.717, 1.165) is 26.2 Å². The van der Waals surface area contributed by atoms with Gasteiger partial charge in [0, 0.05) is 38.8 Å². The van der Waals surface area contributed by atoms with Gasteiger partial charge in [0.15, 0.2) is 0 Å². The molecule has 2 rings (SSSR count). The predicted octanol–water partition coefficient (Wildman–Crippen LogP) is 1.06. The maximum absolute atomic E-state index is 12.2. The van der Waals surface area contributed by atoms with E-state index >= 15 is 0 Å². The summed E-state index contributed by atoms with van der Waals surface area (Å²) in [5.41, 5.74) is 0.588. The van der Waals surface area contributed by atoms with Crippen LogP contribution in [-0.4, -0.2) is 68.6 Å². The molecule has 0 radical (unpaired) electrons. The van der Waals surface area contributed by atoms with Gasteiger partial charge in [-0.1, -0.05) is 12.1 Å². The first-order valence-corrected chi connectivity index (χ1v) is 7.45. The molecule has 1 saturated heterocycles. The van der Waals surface area contributed by atoms with Gasteiger partial charge in [0.1, 0.15) is 5.75 Å². The van der Waals surface area contributed by atoms with Crippen molar-refractivity contribution in [3.8, 4) is 5.75 Å². The van der Waals surface area contributed by atoms with E-state index in [9.17, 15) is 4.79 Å². The highest BCUT2D eigenvalue weighted by Gasteiger charge is 2.20. The van der Waals surface area contributed by atoms with Crippen molar-refractivity contribution in [2.24, 2.45) is 0 Å². The van der Waals surface area contributed by atoms with Gasteiger partial charge in [-0.3, -0.25) is 9.69 Å². The Morgan fingerprint density at radius 3 is 2.62 bits per heavy atom. The second-order valence-corrected chi connectivity index (χ2v) is 5.60. The average Bonchev–Trinajstić information content (AvgIpc) is 2.52. The zero-order valence-corrected chi connectivity index (χ0v) is 13.1. The maximum atomic E-state index is 12.2. The summed E-state index contributed by atoms with van der Waals surface area (Å²) >= 11 is 0. The molecule has 21 heavy (non-hydrogen) atoms. The van der Waals surface area contributed by atoms with Gasteiger partial charge in [-0.2, -0.15) is 0 Å². The number of hydrogen-bond acceptors (Lipinski definition) is 4. The van der Waals surface area contributed by atoms with Crippen molar-refractivity contribution in [3.63, 3.8) is 0 Å². The Morgan fingerprint density at radius 2 is 1.95 bits per heavy atom. The van der Waals surface area contributed by atoms with E-state index in [1.165, 1.54) is 0 Å². The summed E-state index contributed by atoms with van der Waals surface area (Å²) in [5, 5.41) is 3.01. The first-order valence-electron chi connectivity index (χ1n) is 7.45. The monoisotopic (exact) mass is 291 g/mol. The molecule has 116 valence electrons. The van der Waals surface area contributed by atoms with E-state index in [2.05, 4.69) is 29.1 Å². The highest BCUT2D eigenvalue weighted by molar-refractivity contribution is 5.96. The van der Waals surface area contributed by atoms with Gasteiger partial charge in [0.2, 0.25) is 0 Å². The predicted molar refractivity (Wildman–Crippen MR) is 83.9 cm³/mol. The van der Waals surface area contributed by atoms with Crippen LogP contribution in [0.5, 0.6) is 5.75 Å². The molecule has 1 aliphatic rings. The first-order chi connectivity index (χ1) is 10.1. The molecule has 0 aliphatic carbocycles. The summed E-state index contributed by atoms with van der Waals surface area (Å²) < 4.78 is 5.22. The Hall–Kier alpha value is -1.59. The number of carbonyl (C=O) groups excluding carboxylic acids is 1. The molecule has 1 aromatic carbocycles. The number of rotatable bonds is 5. The van der Waals surface area contributed by atoms with Gasteiger partial charge < -0.3 is 15.0 Å². The molecule has 5 heteroatoms. The molecular weight excluding hydrogens is 266 g/mol. The van der Waals surface area contributed by atoms with Gasteiger partial charge in [-0.25, -0.2) is 0 Å². The van der Waals surface area contributed by atoms with Crippen molar-refractivity contribution in [1.29, 1.82) is 0 Å². The molecule has 5 nitrogen and oxygen atoms in total. The molecule has 1 fully saturated rings. The molecule has 0 unspecified atom stereocenters. The molecule has 0 saturated carbocycles. The van der Waals surface area contributed by atoms with Crippen LogP contribution >= 0.6 is 0 Å². The summed E-state index contributed by atoms with van der Waals surface area (Å²) in [7, 11) is 3.73. The van der Waals surface area contributed by atoms with Gasteiger partial charge in [0.05, 0.1) is 12.7 Å². The number of benzene rings is 1. The molecular formula is C16H25N3O2. The fourth-order valence-corrected chi connectivity index (χ4v) is 2.56. The topological polar surface area (TPSA) is 44.8 Å². The van der Waals surface area contributed by atoms with Gasteiger partial charge in [-0.05, 0) is 26.1 Å². The Bertz CT molecular complexity index is 470. The van der Waals surface area contributed by atoms with Gasteiger partial charge in [-0.15, -0.1) is 0 Å². The number of methoxy groups -OCH3 is 1. The number of para-hydroxylation sites is 1. The maximum Gasteiger partial charge on any atom is 0.255 e. The minimum atomic E-state index is -0.0755. The largest absolute Gasteiger partial charge is 0.496 e. The fraction of sp³-hybridized carbons (Fsp3) is 0.562. The normalized spacial score (nSPS) is 18.2. The number of ether oxygens (including phenoxy) is 1. The molecule has 1 atom stereocenters. The second-order valence-electron chi connectivity index (χ2n) is 5.60. The number of likely N-dealkylation sites (N-methyl/N-ethyl adjacent to an activating group) is 1. The molecule has 1 amide bonds. The van der Waals surface area contributed by atoms with Crippen LogP contribution in [0.3, 0.4) is 0 Å². The van der Waals surface area contributed by atoms with Crippen molar-refractivity contribution in [1.82, 2.24) is 15.1 Å². The lowest BCUT2D eigenvalue weighted by Gasteiger charge is -2.36. The Labute approximate surface area is 126 Å². The van der Waals surface area contributed by atoms with Crippen LogP contribution in [0, 0.1) is 0 Å². The van der Waals surface area contributed by atoms with Crippen molar-refractivity contribution < 1.29 is 9.53 Å². The van der Waals surface area contributed by atoms with Crippen LogP contribution in [0.2, 0.25) is 0 Å². The minimum absolute atomic E-state index is 0.0755. The summed E-state index contributed by atoms with van der Waals surface area (Å²) in [6.07, 6.45) is 0. The van der Waals surface area contributed by atoms with Gasteiger partial charge >= 0.3 is 0 Å². The van der Waals surface area contributed by atoms with Crippen LogP contribution in [0.25, 0.3) is 0 Å². The molecule has 1 N–H and O–H groups in total. The van der Waals surface area contributed by atoms with Crippen molar-refractivity contribution in [2.75, 3.05) is 46.9 Å². The summed E-state index contributed by atoms with van der Waals surface area (Å²) in [6, 6.07) is 7.65. The van der Waals surface area contributed by atoms with E-state index in [0.29, 0.717) is 23.9 Å². The fourth-order valence-electron chi connectivity index (χ4n) is 2.56. The Kier molecular flexibility index (Phi) is 5.59. The number of piperazine rings is 1. The van der Waals surface area contributed by atoms with E-state index in [-0.39, 0.29) is 5.91 Å². The quantitative estimate of drug-likeness (QED) is 0.881. The second kappa shape index (κ2) is 7.43. The van der Waals surface area contributed by atoms with Gasteiger partial charge in [0.25, 0.3) is 5.91 Å². The number of nitrogens with one attached hydrogen (secondary N) is 1. The Balaban J connectivity index is 1.86. The average molecular weight is 291 g/mol. The lowest BCUT2D eigenvalue weighted by atomic mass is 10.1. The van der Waals surface area contributed by atoms with Crippen LogP contribution in [0.15, 0.2) is 24.3 Å². The lowest BCUT2D eigenvalue weighted by Crippen LogP contribution is -2.51. The van der Waals surface area contributed by atoms with Crippen LogP contribution in [-0.2, 0) is 0 Å². The third-order valence-electron chi connectivity index (χ3n) is 4.07. The number of amides is 1. The molecule has 1 aliphatic heterocycles. The Morgan fingerprint density at radius 1 is 1.29 bits per heavy atom. The highest BCUT2D eigenvalue weighted by atomic mass is 16.5.